The number of anilines is 1. The van der Waals surface area contributed by atoms with Crippen molar-refractivity contribution in [3.05, 3.63) is 45.6 Å². The minimum absolute atomic E-state index is 0.0465. The van der Waals surface area contributed by atoms with Gasteiger partial charge >= 0.3 is 0 Å². The van der Waals surface area contributed by atoms with Gasteiger partial charge in [0, 0.05) is 23.1 Å². The van der Waals surface area contributed by atoms with Crippen molar-refractivity contribution in [2.45, 2.75) is 38.8 Å². The van der Waals surface area contributed by atoms with Gasteiger partial charge in [-0.3, -0.25) is 4.79 Å². The first-order valence-electron chi connectivity index (χ1n) is 7.28. The van der Waals surface area contributed by atoms with Crippen LogP contribution < -0.4 is 15.8 Å². The van der Waals surface area contributed by atoms with E-state index in [-0.39, 0.29) is 17.6 Å². The molecule has 4 nitrogen and oxygen atoms in total. The van der Waals surface area contributed by atoms with E-state index in [1.54, 1.807) is 0 Å². The largest absolute Gasteiger partial charge is 0.487 e. The van der Waals surface area contributed by atoms with Crippen LogP contribution in [0.25, 0.3) is 0 Å². The highest BCUT2D eigenvalue weighted by Crippen LogP contribution is 2.40. The molecule has 0 saturated heterocycles. The Kier molecular flexibility index (Phi) is 3.60. The lowest BCUT2D eigenvalue weighted by Gasteiger charge is -2.38. The molecule has 1 unspecified atom stereocenters. The molecule has 2 aromatic rings. The van der Waals surface area contributed by atoms with Gasteiger partial charge < -0.3 is 15.8 Å². The van der Waals surface area contributed by atoms with Crippen molar-refractivity contribution in [1.82, 2.24) is 5.32 Å². The van der Waals surface area contributed by atoms with Crippen molar-refractivity contribution < 1.29 is 9.53 Å². The average Bonchev–Trinajstić information content (AvgIpc) is 2.85. The first kappa shape index (κ1) is 14.9. The highest BCUT2D eigenvalue weighted by molar-refractivity contribution is 7.08. The molecule has 0 radical (unpaired) electrons. The molecule has 0 aliphatic carbocycles. The summed E-state index contributed by atoms with van der Waals surface area (Å²) in [5.74, 6) is 0.743. The summed E-state index contributed by atoms with van der Waals surface area (Å²) >= 11 is 1.54. The van der Waals surface area contributed by atoms with E-state index in [1.165, 1.54) is 11.3 Å². The Balaban J connectivity index is 1.92. The van der Waals surface area contributed by atoms with Crippen molar-refractivity contribution in [2.75, 3.05) is 5.73 Å². The number of thiophene rings is 1. The van der Waals surface area contributed by atoms with E-state index < -0.39 is 0 Å². The number of amides is 1. The maximum Gasteiger partial charge on any atom is 0.252 e. The standard InChI is InChI=1S/C17H20N2O2S/c1-10-8-22-9-13(10)16(20)19-14-7-17(2,3)21-15-5-4-11(18)6-12(14)15/h4-6,8-9,14H,7,18H2,1-3H3,(H,19,20). The number of rotatable bonds is 2. The SMILES string of the molecule is Cc1cscc1C(=O)NC1CC(C)(C)Oc2ccc(N)cc21. The topological polar surface area (TPSA) is 64.3 Å². The predicted molar refractivity (Wildman–Crippen MR) is 89.4 cm³/mol. The molecular formula is C17H20N2O2S. The Morgan fingerprint density at radius 3 is 2.86 bits per heavy atom. The van der Waals surface area contributed by atoms with Crippen LogP contribution in [0.2, 0.25) is 0 Å². The van der Waals surface area contributed by atoms with E-state index in [0.717, 1.165) is 22.4 Å². The zero-order valence-corrected chi connectivity index (χ0v) is 13.8. The number of nitrogens with two attached hydrogens (primary N) is 1. The number of hydrogen-bond donors (Lipinski definition) is 2. The Morgan fingerprint density at radius 2 is 2.18 bits per heavy atom. The van der Waals surface area contributed by atoms with Crippen LogP contribution in [0.15, 0.2) is 29.0 Å². The minimum atomic E-state index is -0.329. The number of nitrogens with one attached hydrogen (secondary N) is 1. The summed E-state index contributed by atoms with van der Waals surface area (Å²) in [6.07, 6.45) is 0.707. The van der Waals surface area contributed by atoms with E-state index in [1.807, 2.05) is 49.7 Å². The van der Waals surface area contributed by atoms with Crippen molar-refractivity contribution >= 4 is 22.9 Å². The Morgan fingerprint density at radius 1 is 1.41 bits per heavy atom. The molecule has 1 amide bonds. The van der Waals surface area contributed by atoms with E-state index >= 15 is 0 Å². The molecule has 3 N–H and O–H groups in total. The molecule has 0 saturated carbocycles. The smallest absolute Gasteiger partial charge is 0.252 e. The van der Waals surface area contributed by atoms with Crippen molar-refractivity contribution in [1.29, 1.82) is 0 Å². The zero-order valence-electron chi connectivity index (χ0n) is 13.0. The number of ether oxygens (including phenoxy) is 1. The van der Waals surface area contributed by atoms with Gasteiger partial charge in [0.25, 0.3) is 5.91 Å². The number of nitrogen functional groups attached to an aromatic ring is 1. The summed E-state index contributed by atoms with van der Waals surface area (Å²) in [4.78, 5) is 12.5. The molecule has 0 fully saturated rings. The fraction of sp³-hybridized carbons (Fsp3) is 0.353. The van der Waals surface area contributed by atoms with Gasteiger partial charge in [-0.1, -0.05) is 0 Å². The molecule has 0 bridgehead atoms. The number of aryl methyl sites for hydroxylation is 1. The van der Waals surface area contributed by atoms with Crippen LogP contribution in [-0.2, 0) is 0 Å². The van der Waals surface area contributed by atoms with Crippen molar-refractivity contribution in [3.8, 4) is 5.75 Å². The number of hydrogen-bond acceptors (Lipinski definition) is 4. The van der Waals surface area contributed by atoms with Crippen LogP contribution in [0.1, 0.15) is 47.8 Å². The van der Waals surface area contributed by atoms with Crippen LogP contribution in [0.3, 0.4) is 0 Å². The van der Waals surface area contributed by atoms with Crippen molar-refractivity contribution in [2.24, 2.45) is 0 Å². The van der Waals surface area contributed by atoms with Crippen molar-refractivity contribution in [3.63, 3.8) is 0 Å². The van der Waals surface area contributed by atoms with E-state index in [4.69, 9.17) is 10.5 Å². The second-order valence-electron chi connectivity index (χ2n) is 6.36. The van der Waals surface area contributed by atoms with Gasteiger partial charge in [0.05, 0.1) is 11.6 Å². The first-order chi connectivity index (χ1) is 10.4. The fourth-order valence-corrected chi connectivity index (χ4v) is 3.66. The van der Waals surface area contributed by atoms with Crippen LogP contribution in [0.5, 0.6) is 5.75 Å². The third-order valence-corrected chi connectivity index (χ3v) is 4.76. The highest BCUT2D eigenvalue weighted by atomic mass is 32.1. The van der Waals surface area contributed by atoms with E-state index in [9.17, 15) is 4.79 Å². The molecule has 2 heterocycles. The zero-order chi connectivity index (χ0) is 15.9. The van der Waals surface area contributed by atoms with Crippen LogP contribution >= 0.6 is 11.3 Å². The lowest BCUT2D eigenvalue weighted by molar-refractivity contribution is 0.0620. The fourth-order valence-electron chi connectivity index (χ4n) is 2.83. The molecule has 1 aromatic heterocycles. The third-order valence-electron chi connectivity index (χ3n) is 3.90. The summed E-state index contributed by atoms with van der Waals surface area (Å²) in [5, 5.41) is 7.00. The van der Waals surface area contributed by atoms with Gasteiger partial charge in [-0.25, -0.2) is 0 Å². The number of carbonyl (C=O) groups is 1. The number of fused-ring (bicyclic) bond motifs is 1. The summed E-state index contributed by atoms with van der Waals surface area (Å²) in [6, 6.07) is 5.48. The van der Waals surface area contributed by atoms with Gasteiger partial charge in [0.15, 0.2) is 0 Å². The maximum atomic E-state index is 12.5. The molecule has 0 spiro atoms. The molecule has 22 heavy (non-hydrogen) atoms. The number of benzene rings is 1. The van der Waals surface area contributed by atoms with Crippen LogP contribution in [-0.4, -0.2) is 11.5 Å². The molecular weight excluding hydrogens is 296 g/mol. The molecule has 1 aliphatic rings. The molecule has 3 rings (SSSR count). The van der Waals surface area contributed by atoms with Crippen LogP contribution in [0, 0.1) is 6.92 Å². The summed E-state index contributed by atoms with van der Waals surface area (Å²) in [7, 11) is 0. The van der Waals surface area contributed by atoms with Crippen LogP contribution in [0.4, 0.5) is 5.69 Å². The second-order valence-corrected chi connectivity index (χ2v) is 7.10. The normalized spacial score (nSPS) is 19.1. The minimum Gasteiger partial charge on any atom is -0.487 e. The summed E-state index contributed by atoms with van der Waals surface area (Å²) in [6.45, 7) is 6.01. The Bertz CT molecular complexity index is 721. The average molecular weight is 316 g/mol. The van der Waals surface area contributed by atoms with E-state index in [0.29, 0.717) is 12.1 Å². The summed E-state index contributed by atoms with van der Waals surface area (Å²) in [5.41, 5.74) is 8.92. The van der Waals surface area contributed by atoms with Gasteiger partial charge in [-0.05, 0) is 49.9 Å². The lowest BCUT2D eigenvalue weighted by atomic mass is 9.89. The lowest BCUT2D eigenvalue weighted by Crippen LogP contribution is -2.41. The summed E-state index contributed by atoms with van der Waals surface area (Å²) < 4.78 is 6.00. The molecule has 5 heteroatoms. The third kappa shape index (κ3) is 2.81. The molecule has 1 aromatic carbocycles. The Hall–Kier alpha value is -2.01. The quantitative estimate of drug-likeness (QED) is 0.831. The van der Waals surface area contributed by atoms with Gasteiger partial charge in [-0.2, -0.15) is 11.3 Å². The van der Waals surface area contributed by atoms with E-state index in [2.05, 4.69) is 5.32 Å². The first-order valence-corrected chi connectivity index (χ1v) is 8.22. The van der Waals surface area contributed by atoms with Gasteiger partial charge in [0.2, 0.25) is 0 Å². The maximum absolute atomic E-state index is 12.5. The monoisotopic (exact) mass is 316 g/mol. The molecule has 1 atom stereocenters. The second kappa shape index (κ2) is 5.32. The molecule has 1 aliphatic heterocycles. The highest BCUT2D eigenvalue weighted by Gasteiger charge is 2.34. The number of carbonyl (C=O) groups excluding carboxylic acids is 1. The Labute approximate surface area is 134 Å². The van der Waals surface area contributed by atoms with Gasteiger partial charge in [-0.15, -0.1) is 0 Å². The predicted octanol–water partition coefficient (Wildman–Crippen LogP) is 3.67. The molecule has 116 valence electrons. The van der Waals surface area contributed by atoms with Gasteiger partial charge in [0.1, 0.15) is 11.4 Å².